The Morgan fingerprint density at radius 1 is 1.11 bits per heavy atom. The zero-order chi connectivity index (χ0) is 20.3. The van der Waals surface area contributed by atoms with E-state index in [2.05, 4.69) is 26.3 Å². The molecule has 1 aromatic heterocycles. The van der Waals surface area contributed by atoms with Gasteiger partial charge in [-0.3, -0.25) is 9.59 Å². The fraction of sp³-hybridized carbons (Fsp3) is 0.190. The fourth-order valence-corrected chi connectivity index (χ4v) is 3.13. The first kappa shape index (κ1) is 19.8. The number of amides is 2. The molecule has 0 fully saturated rings. The van der Waals surface area contributed by atoms with Crippen LogP contribution in [0.4, 0.5) is 5.69 Å². The summed E-state index contributed by atoms with van der Waals surface area (Å²) >= 11 is 3.39. The minimum absolute atomic E-state index is 0.0456. The number of aromatic nitrogens is 2. The number of benzene rings is 2. The van der Waals surface area contributed by atoms with Gasteiger partial charge in [-0.25, -0.2) is 4.68 Å². The van der Waals surface area contributed by atoms with E-state index in [1.54, 1.807) is 17.9 Å². The molecule has 3 rings (SSSR count). The number of nitrogens with one attached hydrogen (secondary N) is 1. The number of aryl methyl sites for hydroxylation is 2. The summed E-state index contributed by atoms with van der Waals surface area (Å²) in [6, 6.07) is 13.4. The molecule has 0 aliphatic rings. The van der Waals surface area contributed by atoms with E-state index < -0.39 is 0 Å². The Kier molecular flexibility index (Phi) is 5.94. The van der Waals surface area contributed by atoms with Crippen LogP contribution in [0.3, 0.4) is 0 Å². The largest absolute Gasteiger partial charge is 0.332 e. The van der Waals surface area contributed by atoms with Crippen LogP contribution < -0.4 is 5.32 Å². The second kappa shape index (κ2) is 8.39. The number of rotatable bonds is 5. The molecule has 2 aromatic carbocycles. The van der Waals surface area contributed by atoms with Gasteiger partial charge >= 0.3 is 0 Å². The Morgan fingerprint density at radius 3 is 2.39 bits per heavy atom. The van der Waals surface area contributed by atoms with Gasteiger partial charge in [0.25, 0.3) is 5.91 Å². The third-order valence-corrected chi connectivity index (χ3v) is 4.92. The van der Waals surface area contributed by atoms with Crippen LogP contribution in [0.15, 0.2) is 59.3 Å². The number of hydrogen-bond donors (Lipinski definition) is 1. The van der Waals surface area contributed by atoms with Crippen LogP contribution >= 0.6 is 15.9 Å². The zero-order valence-electron chi connectivity index (χ0n) is 15.9. The van der Waals surface area contributed by atoms with Crippen LogP contribution in [-0.2, 0) is 4.79 Å². The second-order valence-corrected chi connectivity index (χ2v) is 7.54. The van der Waals surface area contributed by atoms with E-state index in [-0.39, 0.29) is 18.4 Å². The van der Waals surface area contributed by atoms with Crippen molar-refractivity contribution in [2.45, 2.75) is 13.8 Å². The van der Waals surface area contributed by atoms with E-state index in [9.17, 15) is 9.59 Å². The van der Waals surface area contributed by atoms with Gasteiger partial charge in [-0.2, -0.15) is 5.10 Å². The lowest BCUT2D eigenvalue weighted by Gasteiger charge is -2.17. The van der Waals surface area contributed by atoms with Gasteiger partial charge < -0.3 is 10.2 Å². The van der Waals surface area contributed by atoms with Crippen molar-refractivity contribution in [1.82, 2.24) is 14.7 Å². The van der Waals surface area contributed by atoms with Gasteiger partial charge in [0.1, 0.15) is 0 Å². The Bertz CT molecular complexity index is 991. The smallest absolute Gasteiger partial charge is 0.257 e. The molecule has 0 bridgehead atoms. The molecule has 0 aliphatic carbocycles. The summed E-state index contributed by atoms with van der Waals surface area (Å²) in [5, 5.41) is 7.14. The van der Waals surface area contributed by atoms with E-state index in [0.29, 0.717) is 5.56 Å². The lowest BCUT2D eigenvalue weighted by Crippen LogP contribution is -2.35. The average Bonchev–Trinajstić information content (AvgIpc) is 3.15. The summed E-state index contributed by atoms with van der Waals surface area (Å²) in [4.78, 5) is 26.4. The number of hydrogen-bond acceptors (Lipinski definition) is 3. The number of nitrogens with zero attached hydrogens (tertiary/aromatic N) is 3. The summed E-state index contributed by atoms with van der Waals surface area (Å²) in [6.07, 6.45) is 3.16. The maximum absolute atomic E-state index is 12.7. The molecule has 0 atom stereocenters. The maximum Gasteiger partial charge on any atom is 0.257 e. The quantitative estimate of drug-likeness (QED) is 0.652. The molecule has 0 unspecified atom stereocenters. The van der Waals surface area contributed by atoms with Crippen molar-refractivity contribution in [3.8, 4) is 5.69 Å². The normalized spacial score (nSPS) is 10.6. The highest BCUT2D eigenvalue weighted by atomic mass is 79.9. The van der Waals surface area contributed by atoms with Gasteiger partial charge in [-0.1, -0.05) is 34.1 Å². The lowest BCUT2D eigenvalue weighted by molar-refractivity contribution is -0.116. The molecule has 0 saturated carbocycles. The van der Waals surface area contributed by atoms with Crippen molar-refractivity contribution in [2.75, 3.05) is 18.9 Å². The van der Waals surface area contributed by atoms with Crippen molar-refractivity contribution >= 4 is 33.4 Å². The van der Waals surface area contributed by atoms with Crippen LogP contribution in [0.1, 0.15) is 21.5 Å². The summed E-state index contributed by atoms with van der Waals surface area (Å²) in [5.41, 5.74) is 4.02. The first-order valence-electron chi connectivity index (χ1n) is 8.77. The first-order valence-corrected chi connectivity index (χ1v) is 9.56. The van der Waals surface area contributed by atoms with Crippen LogP contribution in [-0.4, -0.2) is 40.1 Å². The maximum atomic E-state index is 12.7. The number of likely N-dealkylation sites (N-methyl/N-ethyl adjacent to an activating group) is 1. The van der Waals surface area contributed by atoms with Gasteiger partial charge in [-0.15, -0.1) is 0 Å². The van der Waals surface area contributed by atoms with Crippen molar-refractivity contribution in [1.29, 1.82) is 0 Å². The van der Waals surface area contributed by atoms with E-state index in [0.717, 1.165) is 27.0 Å². The summed E-state index contributed by atoms with van der Waals surface area (Å²) < 4.78 is 2.60. The Balaban J connectivity index is 1.66. The molecule has 0 radical (unpaired) electrons. The molecule has 1 N–H and O–H groups in total. The average molecular weight is 441 g/mol. The molecule has 7 heteroatoms. The van der Waals surface area contributed by atoms with Gasteiger partial charge in [0.2, 0.25) is 5.91 Å². The summed E-state index contributed by atoms with van der Waals surface area (Å²) in [7, 11) is 1.60. The molecule has 3 aromatic rings. The minimum Gasteiger partial charge on any atom is -0.332 e. The minimum atomic E-state index is -0.264. The third kappa shape index (κ3) is 4.48. The van der Waals surface area contributed by atoms with Crippen LogP contribution in [0.5, 0.6) is 0 Å². The molecule has 1 heterocycles. The number of carbonyl (C=O) groups excluding carboxylic acids is 2. The van der Waals surface area contributed by atoms with Gasteiger partial charge in [0.05, 0.1) is 24.0 Å². The topological polar surface area (TPSA) is 67.2 Å². The molecular weight excluding hydrogens is 420 g/mol. The molecule has 0 spiro atoms. The highest BCUT2D eigenvalue weighted by Gasteiger charge is 2.18. The second-order valence-electron chi connectivity index (χ2n) is 6.63. The predicted octanol–water partition coefficient (Wildman–Crippen LogP) is 3.96. The van der Waals surface area contributed by atoms with E-state index in [4.69, 9.17) is 0 Å². The third-order valence-electron chi connectivity index (χ3n) is 4.39. The van der Waals surface area contributed by atoms with Crippen LogP contribution in [0, 0.1) is 13.8 Å². The Labute approximate surface area is 172 Å². The molecule has 144 valence electrons. The number of para-hydroxylation sites is 1. The monoisotopic (exact) mass is 440 g/mol. The van der Waals surface area contributed by atoms with Crippen LogP contribution in [0.25, 0.3) is 5.69 Å². The van der Waals surface area contributed by atoms with Crippen molar-refractivity contribution in [3.63, 3.8) is 0 Å². The zero-order valence-corrected chi connectivity index (χ0v) is 17.5. The number of carbonyl (C=O) groups is 2. The highest BCUT2D eigenvalue weighted by molar-refractivity contribution is 9.10. The fourth-order valence-electron chi connectivity index (χ4n) is 2.87. The predicted molar refractivity (Wildman–Crippen MR) is 113 cm³/mol. The molecule has 6 nitrogen and oxygen atoms in total. The van der Waals surface area contributed by atoms with Crippen LogP contribution in [0.2, 0.25) is 0 Å². The molecule has 0 saturated heterocycles. The van der Waals surface area contributed by atoms with Gasteiger partial charge in [0, 0.05) is 23.4 Å². The van der Waals surface area contributed by atoms with E-state index in [1.807, 2.05) is 56.3 Å². The lowest BCUT2D eigenvalue weighted by atomic mass is 10.1. The Morgan fingerprint density at radius 2 is 1.75 bits per heavy atom. The van der Waals surface area contributed by atoms with Crippen molar-refractivity contribution in [3.05, 3.63) is 76.0 Å². The number of anilines is 1. The van der Waals surface area contributed by atoms with Gasteiger partial charge in [0.15, 0.2) is 0 Å². The summed E-state index contributed by atoms with van der Waals surface area (Å²) in [5.74, 6) is -0.506. The van der Waals surface area contributed by atoms with Crippen molar-refractivity contribution < 1.29 is 9.59 Å². The SMILES string of the molecule is Cc1cccc(C)c1NC(=O)CN(C)C(=O)c1cnn(-c2ccc(Br)cc2)c1. The van der Waals surface area contributed by atoms with Gasteiger partial charge in [-0.05, 0) is 49.2 Å². The molecule has 28 heavy (non-hydrogen) atoms. The molecule has 0 aliphatic heterocycles. The highest BCUT2D eigenvalue weighted by Crippen LogP contribution is 2.19. The van der Waals surface area contributed by atoms with E-state index in [1.165, 1.54) is 11.1 Å². The first-order chi connectivity index (χ1) is 13.3. The molecule has 2 amide bonds. The summed E-state index contributed by atoms with van der Waals surface area (Å²) in [6.45, 7) is 3.83. The van der Waals surface area contributed by atoms with E-state index >= 15 is 0 Å². The Hall–Kier alpha value is -2.93. The molecular formula is C21H21BrN4O2. The van der Waals surface area contributed by atoms with Crippen molar-refractivity contribution in [2.24, 2.45) is 0 Å². The number of halogens is 1. The standard InChI is InChI=1S/C21H21BrN4O2/c1-14-5-4-6-15(2)20(14)24-19(27)13-25(3)21(28)16-11-23-26(12-16)18-9-7-17(22)8-10-18/h4-12H,13H2,1-3H3,(H,24,27).